The third-order valence-corrected chi connectivity index (χ3v) is 6.62. The molecule has 38 heavy (non-hydrogen) atoms. The van der Waals surface area contributed by atoms with Crippen LogP contribution in [0.25, 0.3) is 11.8 Å². The van der Waals surface area contributed by atoms with Crippen molar-refractivity contribution >= 4 is 71.3 Å². The average molecular weight is 537 g/mol. The molecule has 1 aliphatic rings. The van der Waals surface area contributed by atoms with Crippen LogP contribution < -0.4 is 12.9 Å². The molecule has 5 rings (SSSR count). The van der Waals surface area contributed by atoms with Gasteiger partial charge in [0, 0.05) is 6.92 Å². The molecule has 0 radical (unpaired) electrons. The van der Waals surface area contributed by atoms with Gasteiger partial charge in [-0.3, -0.25) is 4.79 Å². The maximum atomic E-state index is 12.6. The van der Waals surface area contributed by atoms with Crippen LogP contribution in [0.4, 0.5) is 5.69 Å². The van der Waals surface area contributed by atoms with Gasteiger partial charge in [0.25, 0.3) is 5.97 Å². The maximum absolute atomic E-state index is 12.6. The SMILES string of the molecule is CC(=O)O.O=C1N=C(Nc2cc[c]([Na])cc2)SC1=Cc1ccc(-n2cnnn2)cc1OCc1ccccc1. The van der Waals surface area contributed by atoms with Gasteiger partial charge in [0.2, 0.25) is 0 Å². The number of aliphatic carboxylic acids is 1. The van der Waals surface area contributed by atoms with Gasteiger partial charge in [0.1, 0.15) is 12.9 Å². The molecule has 0 saturated heterocycles. The number of amidine groups is 1. The number of anilines is 1. The van der Waals surface area contributed by atoms with E-state index in [9.17, 15) is 4.79 Å². The summed E-state index contributed by atoms with van der Waals surface area (Å²) in [6.45, 7) is 1.47. The molecule has 2 heterocycles. The van der Waals surface area contributed by atoms with E-state index < -0.39 is 5.97 Å². The van der Waals surface area contributed by atoms with Crippen molar-refractivity contribution in [3.63, 3.8) is 0 Å². The number of benzene rings is 3. The Labute approximate surface area is 240 Å². The quantitative estimate of drug-likeness (QED) is 0.282. The van der Waals surface area contributed by atoms with Crippen LogP contribution in [0, 0.1) is 0 Å². The molecule has 0 spiro atoms. The zero-order valence-corrected chi connectivity index (χ0v) is 23.4. The Morgan fingerprint density at radius 3 is 2.55 bits per heavy atom. The van der Waals surface area contributed by atoms with Crippen LogP contribution in [0.1, 0.15) is 18.1 Å². The van der Waals surface area contributed by atoms with E-state index in [-0.39, 0.29) is 5.91 Å². The summed E-state index contributed by atoms with van der Waals surface area (Å²) in [6.07, 6.45) is 3.32. The van der Waals surface area contributed by atoms with Crippen molar-refractivity contribution in [1.29, 1.82) is 0 Å². The number of carbonyl (C=O) groups excluding carboxylic acids is 1. The second-order valence-corrected chi connectivity index (χ2v) is 10.3. The van der Waals surface area contributed by atoms with Gasteiger partial charge >= 0.3 is 144 Å². The van der Waals surface area contributed by atoms with Gasteiger partial charge in [-0.15, -0.1) is 5.10 Å². The number of nitrogens with one attached hydrogen (secondary N) is 1. The fraction of sp³-hybridized carbons (Fsp3) is 0.0769. The molecule has 0 saturated carbocycles. The second-order valence-electron chi connectivity index (χ2n) is 8.09. The van der Waals surface area contributed by atoms with Gasteiger partial charge in [-0.25, -0.2) is 4.68 Å². The molecule has 3 aromatic carbocycles. The third-order valence-electron chi connectivity index (χ3n) is 5.06. The summed E-state index contributed by atoms with van der Waals surface area (Å²) in [4.78, 5) is 26.3. The van der Waals surface area contributed by atoms with E-state index in [0.717, 1.165) is 57.4 Å². The minimum absolute atomic E-state index is 0.286. The van der Waals surface area contributed by atoms with Crippen molar-refractivity contribution in [3.05, 3.63) is 95.2 Å². The monoisotopic (exact) mass is 536 g/mol. The number of thioether (sulfide) groups is 1. The van der Waals surface area contributed by atoms with Crippen LogP contribution in [0.15, 0.2) is 89.0 Å². The molecule has 2 N–H and O–H groups in total. The molecule has 0 fully saturated rings. The Bertz CT molecular complexity index is 1470. The molecule has 0 atom stereocenters. The summed E-state index contributed by atoms with van der Waals surface area (Å²) in [5, 5.41) is 22.5. The van der Waals surface area contributed by atoms with E-state index in [1.165, 1.54) is 20.9 Å². The number of ether oxygens (including phenoxy) is 1. The van der Waals surface area contributed by atoms with Crippen LogP contribution in [0.3, 0.4) is 0 Å². The molecule has 0 unspecified atom stereocenters. The fourth-order valence-electron chi connectivity index (χ4n) is 3.29. The Morgan fingerprint density at radius 2 is 1.87 bits per heavy atom. The standard InChI is InChI=1S/C24H17N6O2S.C2H4O2.Na/c31-23-22(33-24(27-23)26-19-9-5-2-6-10-19)13-18-11-12-20(30-16-25-28-29-30)14-21(18)32-15-17-7-3-1-4-8-17;1-2(3)4;/h1,3-14,16H,15H2,(H,26,27,31);1H3,(H,3,4);. The van der Waals surface area contributed by atoms with E-state index in [4.69, 9.17) is 14.6 Å². The summed E-state index contributed by atoms with van der Waals surface area (Å²) >= 11 is 2.30. The van der Waals surface area contributed by atoms with Crippen LogP contribution in [-0.4, -0.2) is 70.3 Å². The van der Waals surface area contributed by atoms with Gasteiger partial charge < -0.3 is 5.11 Å². The van der Waals surface area contributed by atoms with Crippen molar-refractivity contribution in [3.8, 4) is 11.4 Å². The van der Waals surface area contributed by atoms with E-state index >= 15 is 0 Å². The number of aliphatic imine (C=N–C) groups is 1. The molecular weight excluding hydrogens is 515 g/mol. The first-order chi connectivity index (χ1) is 18.4. The normalized spacial score (nSPS) is 13.5. The number of nitrogens with zero attached hydrogens (tertiary/aromatic N) is 5. The minimum Gasteiger partial charge on any atom is -0.0622 e. The van der Waals surface area contributed by atoms with E-state index in [0.29, 0.717) is 22.4 Å². The summed E-state index contributed by atoms with van der Waals surface area (Å²) in [5.74, 6) is -0.507. The van der Waals surface area contributed by atoms with Crippen molar-refractivity contribution in [2.24, 2.45) is 4.99 Å². The molecule has 10 nitrogen and oxygen atoms in total. The Hall–Kier alpha value is -3.77. The molecule has 186 valence electrons. The predicted molar refractivity (Wildman–Crippen MR) is 147 cm³/mol. The van der Waals surface area contributed by atoms with Crippen LogP contribution in [0.5, 0.6) is 5.75 Å². The zero-order valence-electron chi connectivity index (χ0n) is 20.6. The van der Waals surface area contributed by atoms with Gasteiger partial charge in [-0.1, -0.05) is 30.3 Å². The number of carboxylic acids is 1. The van der Waals surface area contributed by atoms with Gasteiger partial charge in [0.05, 0.1) is 5.69 Å². The van der Waals surface area contributed by atoms with Crippen molar-refractivity contribution in [2.45, 2.75) is 13.5 Å². The van der Waals surface area contributed by atoms with E-state index in [1.807, 2.05) is 60.7 Å². The van der Waals surface area contributed by atoms with E-state index in [2.05, 4.69) is 38.0 Å². The molecule has 0 aliphatic carbocycles. The molecule has 12 heteroatoms. The second kappa shape index (κ2) is 13.2. The number of hydrogen-bond acceptors (Lipinski definition) is 8. The summed E-state index contributed by atoms with van der Waals surface area (Å²) in [7, 11) is 0. The fourth-order valence-corrected chi connectivity index (χ4v) is 4.45. The van der Waals surface area contributed by atoms with Crippen molar-refractivity contribution in [1.82, 2.24) is 20.2 Å². The molecular formula is C26H21N6NaO4S. The average Bonchev–Trinajstić information content (AvgIpc) is 3.55. The van der Waals surface area contributed by atoms with Crippen molar-refractivity contribution in [2.75, 3.05) is 5.32 Å². The van der Waals surface area contributed by atoms with Crippen molar-refractivity contribution < 1.29 is 19.4 Å². The minimum atomic E-state index is -0.833. The first-order valence-electron chi connectivity index (χ1n) is 11.5. The Morgan fingerprint density at radius 1 is 1.13 bits per heavy atom. The molecule has 1 aliphatic heterocycles. The van der Waals surface area contributed by atoms with Crippen LogP contribution in [0.2, 0.25) is 0 Å². The van der Waals surface area contributed by atoms with Gasteiger partial charge in [0.15, 0.2) is 0 Å². The number of tetrazole rings is 1. The number of carbonyl (C=O) groups is 2. The Kier molecular flexibility index (Phi) is 9.44. The van der Waals surface area contributed by atoms with Crippen LogP contribution >= 0.6 is 11.8 Å². The summed E-state index contributed by atoms with van der Waals surface area (Å²) in [5.41, 5.74) is 3.45. The zero-order chi connectivity index (χ0) is 26.9. The van der Waals surface area contributed by atoms with E-state index in [1.54, 1.807) is 10.8 Å². The molecule has 0 bridgehead atoms. The summed E-state index contributed by atoms with van der Waals surface area (Å²) in [6, 6.07) is 23.6. The first kappa shape index (κ1) is 27.3. The topological polar surface area (TPSA) is 132 Å². The number of rotatable bonds is 6. The molecule has 1 amide bonds. The Balaban J connectivity index is 0.000000786. The summed E-state index contributed by atoms with van der Waals surface area (Å²) < 4.78 is 9.00. The van der Waals surface area contributed by atoms with Crippen LogP contribution in [-0.2, 0) is 16.2 Å². The smallest absolute Gasteiger partial charge is 0.0622 e. The molecule has 4 aromatic rings. The predicted octanol–water partition coefficient (Wildman–Crippen LogP) is 3.21. The number of aromatic nitrogens is 4. The molecule has 1 aromatic heterocycles. The number of carboxylic acid groups (broad SMARTS) is 1. The number of amides is 1. The number of hydrogen-bond donors (Lipinski definition) is 2. The van der Waals surface area contributed by atoms with Gasteiger partial charge in [-0.05, 0) is 16.0 Å². The van der Waals surface area contributed by atoms with Gasteiger partial charge in [-0.2, -0.15) is 0 Å². The first-order valence-corrected chi connectivity index (χ1v) is 13.3. The third kappa shape index (κ3) is 7.86.